The van der Waals surface area contributed by atoms with Crippen LogP contribution in [0.2, 0.25) is 0 Å². The predicted molar refractivity (Wildman–Crippen MR) is 99.3 cm³/mol. The summed E-state index contributed by atoms with van der Waals surface area (Å²) in [5.74, 6) is 0.449. The molecule has 10 heteroatoms. The molecule has 0 aliphatic carbocycles. The van der Waals surface area contributed by atoms with Crippen LogP contribution in [0.1, 0.15) is 29.8 Å². The Morgan fingerprint density at radius 3 is 2.63 bits per heavy atom. The van der Waals surface area contributed by atoms with Gasteiger partial charge in [-0.3, -0.25) is 9.69 Å². The van der Waals surface area contributed by atoms with E-state index >= 15 is 0 Å². The van der Waals surface area contributed by atoms with E-state index in [-0.39, 0.29) is 24.9 Å². The molecule has 0 radical (unpaired) electrons. The van der Waals surface area contributed by atoms with E-state index in [2.05, 4.69) is 20.4 Å². The Bertz CT molecular complexity index is 819. The van der Waals surface area contributed by atoms with Crippen LogP contribution in [0.4, 0.5) is 8.78 Å². The summed E-state index contributed by atoms with van der Waals surface area (Å²) in [6, 6.07) is 0.0261. The summed E-state index contributed by atoms with van der Waals surface area (Å²) in [5.41, 5.74) is 2.46. The van der Waals surface area contributed by atoms with E-state index in [1.807, 2.05) is 20.1 Å². The number of aryl methyl sites for hydroxylation is 2. The lowest BCUT2D eigenvalue weighted by atomic mass is 10.0. The van der Waals surface area contributed by atoms with E-state index < -0.39 is 6.43 Å². The van der Waals surface area contributed by atoms with Crippen molar-refractivity contribution in [2.45, 2.75) is 50.7 Å². The van der Waals surface area contributed by atoms with E-state index in [4.69, 9.17) is 0 Å². The molecule has 1 aliphatic rings. The van der Waals surface area contributed by atoms with Gasteiger partial charge in [0.25, 0.3) is 12.2 Å². The van der Waals surface area contributed by atoms with Crippen molar-refractivity contribution in [1.82, 2.24) is 29.8 Å². The second kappa shape index (κ2) is 8.47. The van der Waals surface area contributed by atoms with Crippen LogP contribution in [-0.2, 0) is 11.2 Å². The predicted octanol–water partition coefficient (Wildman–Crippen LogP) is 1.85. The summed E-state index contributed by atoms with van der Waals surface area (Å²) in [4.78, 5) is 23.1. The van der Waals surface area contributed by atoms with Crippen LogP contribution in [0.5, 0.6) is 0 Å². The van der Waals surface area contributed by atoms with Gasteiger partial charge in [0.05, 0.1) is 13.0 Å². The zero-order chi connectivity index (χ0) is 19.6. The molecule has 3 rings (SSSR count). The number of alkyl halides is 2. The number of nitrogens with zero attached hydrogens (tertiary/aromatic N) is 5. The Balaban J connectivity index is 1.63. The highest BCUT2D eigenvalue weighted by Crippen LogP contribution is 2.18. The highest BCUT2D eigenvalue weighted by Gasteiger charge is 2.23. The van der Waals surface area contributed by atoms with Gasteiger partial charge >= 0.3 is 0 Å². The quantitative estimate of drug-likeness (QED) is 0.749. The number of likely N-dealkylation sites (tertiary alicyclic amines) is 1. The number of aromatic nitrogens is 4. The third kappa shape index (κ3) is 4.73. The molecule has 2 aromatic heterocycles. The van der Waals surface area contributed by atoms with E-state index in [9.17, 15) is 13.6 Å². The Morgan fingerprint density at radius 1 is 1.30 bits per heavy atom. The number of hydrogen-bond donors (Lipinski definition) is 1. The third-order valence-corrected chi connectivity index (χ3v) is 5.44. The number of carbonyl (C=O) groups is 1. The Morgan fingerprint density at radius 2 is 2.00 bits per heavy atom. The number of piperidine rings is 1. The SMILES string of the molecule is CSc1nc2nc(C)c(CC(=O)NC3CCN(CC(F)F)CC3)c(C)n2n1. The van der Waals surface area contributed by atoms with Crippen molar-refractivity contribution < 1.29 is 13.6 Å². The first-order chi connectivity index (χ1) is 12.9. The summed E-state index contributed by atoms with van der Waals surface area (Å²) in [6.07, 6.45) is 1.18. The highest BCUT2D eigenvalue weighted by atomic mass is 32.2. The van der Waals surface area contributed by atoms with Gasteiger partial charge in [-0.15, -0.1) is 5.10 Å². The zero-order valence-corrected chi connectivity index (χ0v) is 16.5. The fourth-order valence-corrected chi connectivity index (χ4v) is 3.76. The summed E-state index contributed by atoms with van der Waals surface area (Å²) in [7, 11) is 0. The lowest BCUT2D eigenvalue weighted by Gasteiger charge is -2.32. The molecule has 1 saturated heterocycles. The van der Waals surface area contributed by atoms with Crippen LogP contribution >= 0.6 is 11.8 Å². The fourth-order valence-electron chi connectivity index (χ4n) is 3.43. The molecule has 1 aliphatic heterocycles. The van der Waals surface area contributed by atoms with Gasteiger partial charge in [-0.2, -0.15) is 4.98 Å². The van der Waals surface area contributed by atoms with Gasteiger partial charge < -0.3 is 5.32 Å². The van der Waals surface area contributed by atoms with Gasteiger partial charge in [-0.05, 0) is 32.9 Å². The standard InChI is InChI=1S/C17H24F2N6OS/c1-10-13(11(2)25-16(20-10)22-17(23-25)27-3)8-15(26)21-12-4-6-24(7-5-12)9-14(18)19/h12,14H,4-9H2,1-3H3,(H,21,26). The number of thioether (sulfide) groups is 1. The zero-order valence-electron chi connectivity index (χ0n) is 15.7. The minimum atomic E-state index is -2.31. The van der Waals surface area contributed by atoms with Crippen LogP contribution < -0.4 is 5.32 Å². The van der Waals surface area contributed by atoms with Gasteiger partial charge in [-0.1, -0.05) is 11.8 Å². The molecule has 7 nitrogen and oxygen atoms in total. The molecule has 1 amide bonds. The van der Waals surface area contributed by atoms with Gasteiger partial charge in [0.2, 0.25) is 11.1 Å². The second-order valence-corrected chi connectivity index (χ2v) is 7.56. The van der Waals surface area contributed by atoms with E-state index in [0.29, 0.717) is 36.9 Å². The number of carbonyl (C=O) groups excluding carboxylic acids is 1. The number of rotatable bonds is 6. The number of hydrogen-bond acceptors (Lipinski definition) is 6. The number of amides is 1. The first-order valence-corrected chi connectivity index (χ1v) is 10.2. The minimum absolute atomic E-state index is 0.0261. The third-order valence-electron chi connectivity index (χ3n) is 4.90. The van der Waals surface area contributed by atoms with Crippen molar-refractivity contribution in [2.75, 3.05) is 25.9 Å². The Hall–Kier alpha value is -1.81. The summed E-state index contributed by atoms with van der Waals surface area (Å²) < 4.78 is 26.6. The first-order valence-electron chi connectivity index (χ1n) is 8.94. The highest BCUT2D eigenvalue weighted by molar-refractivity contribution is 7.98. The molecular formula is C17H24F2N6OS. The number of halogens is 2. The summed E-state index contributed by atoms with van der Waals surface area (Å²) >= 11 is 1.44. The van der Waals surface area contributed by atoms with Gasteiger partial charge in [0.1, 0.15) is 0 Å². The molecule has 2 aromatic rings. The van der Waals surface area contributed by atoms with Crippen LogP contribution in [0.3, 0.4) is 0 Å². The van der Waals surface area contributed by atoms with E-state index in [1.165, 1.54) is 11.8 Å². The maximum absolute atomic E-state index is 12.5. The molecule has 0 spiro atoms. The molecular weight excluding hydrogens is 374 g/mol. The van der Waals surface area contributed by atoms with E-state index in [1.54, 1.807) is 9.42 Å². The molecule has 1 fully saturated rings. The van der Waals surface area contributed by atoms with E-state index in [0.717, 1.165) is 17.0 Å². The summed E-state index contributed by atoms with van der Waals surface area (Å²) in [6.45, 7) is 4.74. The molecule has 0 unspecified atom stereocenters. The largest absolute Gasteiger partial charge is 0.353 e. The van der Waals surface area contributed by atoms with Crippen molar-refractivity contribution >= 4 is 23.4 Å². The van der Waals surface area contributed by atoms with Gasteiger partial charge in [0, 0.05) is 36.1 Å². The molecule has 27 heavy (non-hydrogen) atoms. The Kier molecular flexibility index (Phi) is 6.25. The van der Waals surface area contributed by atoms with Gasteiger partial charge in [0.15, 0.2) is 0 Å². The van der Waals surface area contributed by atoms with Crippen molar-refractivity contribution in [2.24, 2.45) is 0 Å². The molecule has 148 valence electrons. The average molecular weight is 398 g/mol. The van der Waals surface area contributed by atoms with Crippen molar-refractivity contribution in [3.63, 3.8) is 0 Å². The van der Waals surface area contributed by atoms with Crippen LogP contribution in [0.25, 0.3) is 5.78 Å². The molecule has 0 atom stereocenters. The fraction of sp³-hybridized carbons (Fsp3) is 0.647. The average Bonchev–Trinajstić information content (AvgIpc) is 3.03. The second-order valence-electron chi connectivity index (χ2n) is 6.78. The molecule has 0 bridgehead atoms. The number of nitrogens with one attached hydrogen (secondary N) is 1. The lowest BCUT2D eigenvalue weighted by Crippen LogP contribution is -2.46. The minimum Gasteiger partial charge on any atom is -0.353 e. The molecule has 1 N–H and O–H groups in total. The van der Waals surface area contributed by atoms with Crippen molar-refractivity contribution in [3.05, 3.63) is 17.0 Å². The topological polar surface area (TPSA) is 75.4 Å². The van der Waals surface area contributed by atoms with Crippen LogP contribution in [0, 0.1) is 13.8 Å². The molecule has 0 aromatic carbocycles. The van der Waals surface area contributed by atoms with Gasteiger partial charge in [-0.25, -0.2) is 18.3 Å². The van der Waals surface area contributed by atoms with Crippen molar-refractivity contribution in [3.8, 4) is 0 Å². The number of fused-ring (bicyclic) bond motifs is 1. The van der Waals surface area contributed by atoms with Crippen LogP contribution in [0.15, 0.2) is 5.16 Å². The monoisotopic (exact) mass is 398 g/mol. The summed E-state index contributed by atoms with van der Waals surface area (Å²) in [5, 5.41) is 8.07. The normalized spacial score (nSPS) is 16.4. The first kappa shape index (κ1) is 19.9. The maximum atomic E-state index is 12.5. The Labute approximate surface area is 160 Å². The molecule has 0 saturated carbocycles. The maximum Gasteiger partial charge on any atom is 0.253 e. The van der Waals surface area contributed by atoms with Crippen molar-refractivity contribution in [1.29, 1.82) is 0 Å². The van der Waals surface area contributed by atoms with Crippen LogP contribution in [-0.4, -0.2) is 68.7 Å². The molecule has 3 heterocycles. The lowest BCUT2D eigenvalue weighted by molar-refractivity contribution is -0.121. The smallest absolute Gasteiger partial charge is 0.253 e.